The van der Waals surface area contributed by atoms with E-state index in [0.29, 0.717) is 29.5 Å². The average molecular weight is 399 g/mol. The summed E-state index contributed by atoms with van der Waals surface area (Å²) < 4.78 is 32.1. The number of rotatable bonds is 8. The van der Waals surface area contributed by atoms with Crippen molar-refractivity contribution < 1.29 is 23.1 Å². The van der Waals surface area contributed by atoms with Crippen molar-refractivity contribution in [2.75, 3.05) is 13.2 Å². The highest BCUT2D eigenvalue weighted by atomic mass is 35.5. The second-order valence-electron chi connectivity index (χ2n) is 5.37. The molecule has 0 aliphatic heterocycles. The van der Waals surface area contributed by atoms with E-state index in [2.05, 4.69) is 4.98 Å². The van der Waals surface area contributed by atoms with Crippen molar-refractivity contribution in [2.45, 2.75) is 18.8 Å². The number of nitrogens with one attached hydrogen (secondary N) is 1. The zero-order valence-corrected chi connectivity index (χ0v) is 15.6. The lowest BCUT2D eigenvalue weighted by atomic mass is 10.1. The van der Waals surface area contributed by atoms with Crippen molar-refractivity contribution in [3.05, 3.63) is 64.4 Å². The van der Waals surface area contributed by atoms with E-state index in [1.165, 1.54) is 36.5 Å². The number of nitrogens with zero attached hydrogens (tertiary/aromatic N) is 1. The number of ether oxygens (including phenoxy) is 1. The summed E-state index contributed by atoms with van der Waals surface area (Å²) >= 11 is 5.79. The molecule has 1 amide bonds. The van der Waals surface area contributed by atoms with Crippen LogP contribution >= 0.6 is 11.6 Å². The first-order valence-corrected chi connectivity index (χ1v) is 9.74. The molecule has 140 valence electrons. The average Bonchev–Trinajstić information content (AvgIpc) is 2.62. The summed E-state index contributed by atoms with van der Waals surface area (Å²) in [4.78, 5) is 16.3. The van der Waals surface area contributed by atoms with E-state index in [1.54, 1.807) is 6.07 Å². The van der Waals surface area contributed by atoms with Crippen molar-refractivity contribution >= 4 is 27.5 Å². The fraction of sp³-hybridized carbons (Fsp3) is 0.294. The van der Waals surface area contributed by atoms with Gasteiger partial charge in [-0.2, -0.15) is 0 Å². The monoisotopic (exact) mass is 398 g/mol. The van der Waals surface area contributed by atoms with Gasteiger partial charge in [0.1, 0.15) is 5.25 Å². The van der Waals surface area contributed by atoms with Gasteiger partial charge in [0.2, 0.25) is 10.0 Å². The molecule has 7 nitrogen and oxygen atoms in total. The van der Waals surface area contributed by atoms with E-state index >= 15 is 0 Å². The van der Waals surface area contributed by atoms with Gasteiger partial charge in [-0.25, -0.2) is 13.1 Å². The standard InChI is InChI=1S/C17H19ClN2O5S/c1-2-25-11-15-8-5-13(9-19-15)17(22)20-26(23,24)16(10-21)12-3-6-14(18)7-4-12/h3-9,16,21H,2,10-11H2,1H3,(H,20,22). The summed E-state index contributed by atoms with van der Waals surface area (Å²) in [5, 5.41) is 8.63. The van der Waals surface area contributed by atoms with Crippen molar-refractivity contribution in [3.63, 3.8) is 0 Å². The number of halogens is 1. The smallest absolute Gasteiger partial charge is 0.266 e. The number of carbonyl (C=O) groups is 1. The Labute approximate surface area is 157 Å². The molecule has 0 saturated carbocycles. The number of hydrogen-bond donors (Lipinski definition) is 2. The molecule has 9 heteroatoms. The van der Waals surface area contributed by atoms with Crippen LogP contribution in [0.25, 0.3) is 0 Å². The first-order chi connectivity index (χ1) is 12.4. The zero-order valence-electron chi connectivity index (χ0n) is 14.1. The minimum atomic E-state index is -4.16. The van der Waals surface area contributed by atoms with Gasteiger partial charge in [-0.1, -0.05) is 23.7 Å². The maximum atomic E-state index is 12.5. The van der Waals surface area contributed by atoms with Gasteiger partial charge in [0.25, 0.3) is 5.91 Å². The van der Waals surface area contributed by atoms with Crippen LogP contribution in [0.15, 0.2) is 42.6 Å². The Morgan fingerprint density at radius 1 is 1.27 bits per heavy atom. The molecule has 26 heavy (non-hydrogen) atoms. The van der Waals surface area contributed by atoms with E-state index < -0.39 is 27.8 Å². The van der Waals surface area contributed by atoms with Gasteiger partial charge < -0.3 is 9.84 Å². The Bertz CT molecular complexity index is 838. The first-order valence-electron chi connectivity index (χ1n) is 7.82. The van der Waals surface area contributed by atoms with Crippen LogP contribution in [0.3, 0.4) is 0 Å². The molecular formula is C17H19ClN2O5S. The summed E-state index contributed by atoms with van der Waals surface area (Å²) in [5.74, 6) is -0.826. The predicted octanol–water partition coefficient (Wildman–Crippen LogP) is 2.06. The number of sulfonamides is 1. The van der Waals surface area contributed by atoms with Crippen LogP contribution in [0.1, 0.15) is 33.8 Å². The Kier molecular flexibility index (Phi) is 7.10. The van der Waals surface area contributed by atoms with Crippen LogP contribution in [0.4, 0.5) is 0 Å². The lowest BCUT2D eigenvalue weighted by Gasteiger charge is -2.16. The second kappa shape index (κ2) is 9.09. The third kappa shape index (κ3) is 5.25. The van der Waals surface area contributed by atoms with E-state index in [-0.39, 0.29) is 5.56 Å². The highest BCUT2D eigenvalue weighted by Crippen LogP contribution is 2.23. The number of aromatic nitrogens is 1. The van der Waals surface area contributed by atoms with Gasteiger partial charge in [-0.05, 0) is 36.8 Å². The molecule has 2 aromatic rings. The molecule has 2 rings (SSSR count). The van der Waals surface area contributed by atoms with E-state index in [9.17, 15) is 18.3 Å². The number of carbonyl (C=O) groups excluding carboxylic acids is 1. The van der Waals surface area contributed by atoms with E-state index in [0.717, 1.165) is 0 Å². The SMILES string of the molecule is CCOCc1ccc(C(=O)NS(=O)(=O)C(CO)c2ccc(Cl)cc2)cn1. The molecule has 1 heterocycles. The summed E-state index contributed by atoms with van der Waals surface area (Å²) in [6.07, 6.45) is 1.27. The van der Waals surface area contributed by atoms with Crippen LogP contribution in [-0.2, 0) is 21.4 Å². The second-order valence-corrected chi connectivity index (χ2v) is 7.67. The topological polar surface area (TPSA) is 106 Å². The van der Waals surface area contributed by atoms with E-state index in [1.807, 2.05) is 11.6 Å². The fourth-order valence-electron chi connectivity index (χ4n) is 2.17. The molecule has 0 aliphatic rings. The number of amides is 1. The van der Waals surface area contributed by atoms with Crippen LogP contribution < -0.4 is 4.72 Å². The quantitative estimate of drug-likeness (QED) is 0.705. The van der Waals surface area contributed by atoms with Gasteiger partial charge in [0.15, 0.2) is 0 Å². The fourth-order valence-corrected chi connectivity index (χ4v) is 3.53. The Hall–Kier alpha value is -2.00. The third-order valence-corrected chi connectivity index (χ3v) is 5.45. The maximum absolute atomic E-state index is 12.5. The summed E-state index contributed by atoms with van der Waals surface area (Å²) in [6.45, 7) is 2.01. The minimum absolute atomic E-state index is 0.0848. The molecule has 0 aliphatic carbocycles. The molecule has 0 saturated heterocycles. The van der Waals surface area contributed by atoms with E-state index in [4.69, 9.17) is 16.3 Å². The molecule has 1 aromatic heterocycles. The number of pyridine rings is 1. The van der Waals surface area contributed by atoms with Gasteiger partial charge >= 0.3 is 0 Å². The maximum Gasteiger partial charge on any atom is 0.266 e. The number of aliphatic hydroxyl groups is 1. The molecule has 0 bridgehead atoms. The zero-order chi connectivity index (χ0) is 19.2. The number of benzene rings is 1. The summed E-state index contributed by atoms with van der Waals surface area (Å²) in [7, 11) is -4.16. The Morgan fingerprint density at radius 2 is 1.96 bits per heavy atom. The van der Waals surface area contributed by atoms with Gasteiger partial charge in [0.05, 0.1) is 24.5 Å². The molecule has 1 unspecified atom stereocenters. The lowest BCUT2D eigenvalue weighted by Crippen LogP contribution is -2.35. The van der Waals surface area contributed by atoms with Crippen molar-refractivity contribution in [3.8, 4) is 0 Å². The van der Waals surface area contributed by atoms with Gasteiger partial charge in [-0.3, -0.25) is 9.78 Å². The molecule has 1 atom stereocenters. The van der Waals surface area contributed by atoms with Crippen molar-refractivity contribution in [1.29, 1.82) is 0 Å². The van der Waals surface area contributed by atoms with Crippen molar-refractivity contribution in [1.82, 2.24) is 9.71 Å². The minimum Gasteiger partial charge on any atom is -0.395 e. The highest BCUT2D eigenvalue weighted by Gasteiger charge is 2.29. The van der Waals surface area contributed by atoms with Gasteiger partial charge in [-0.15, -0.1) is 0 Å². The molecule has 2 N–H and O–H groups in total. The third-order valence-electron chi connectivity index (χ3n) is 3.56. The summed E-state index contributed by atoms with van der Waals surface area (Å²) in [6, 6.07) is 9.03. The van der Waals surface area contributed by atoms with Gasteiger partial charge in [0, 0.05) is 17.8 Å². The molecule has 0 spiro atoms. The number of aliphatic hydroxyl groups excluding tert-OH is 1. The van der Waals surface area contributed by atoms with Crippen LogP contribution in [0, 0.1) is 0 Å². The van der Waals surface area contributed by atoms with Crippen LogP contribution in [0.2, 0.25) is 5.02 Å². The largest absolute Gasteiger partial charge is 0.395 e. The van der Waals surface area contributed by atoms with Crippen molar-refractivity contribution in [2.24, 2.45) is 0 Å². The highest BCUT2D eigenvalue weighted by molar-refractivity contribution is 7.90. The van der Waals surface area contributed by atoms with Crippen LogP contribution in [0.5, 0.6) is 0 Å². The predicted molar refractivity (Wildman–Crippen MR) is 97.2 cm³/mol. The molecule has 0 fully saturated rings. The molecule has 0 radical (unpaired) electrons. The first kappa shape index (κ1) is 20.3. The normalized spacial score (nSPS) is 12.6. The number of hydrogen-bond acceptors (Lipinski definition) is 6. The Morgan fingerprint density at radius 3 is 2.50 bits per heavy atom. The summed E-state index contributed by atoms with van der Waals surface area (Å²) in [5.41, 5.74) is 1.03. The molecule has 1 aromatic carbocycles. The lowest BCUT2D eigenvalue weighted by molar-refractivity contribution is 0.0980. The molecular weight excluding hydrogens is 380 g/mol. The Balaban J connectivity index is 2.13. The van der Waals surface area contributed by atoms with Crippen LogP contribution in [-0.4, -0.2) is 37.6 Å².